The molecule has 0 radical (unpaired) electrons. The van der Waals surface area contributed by atoms with Gasteiger partial charge in [0.25, 0.3) is 5.91 Å². The summed E-state index contributed by atoms with van der Waals surface area (Å²) in [4.78, 5) is 28.4. The first-order valence-corrected chi connectivity index (χ1v) is 13.4. The fourth-order valence-corrected chi connectivity index (χ4v) is 5.59. The minimum Gasteiger partial charge on any atom is -0.382 e. The molecule has 9 nitrogen and oxygen atoms in total. The molecule has 0 spiro atoms. The number of aromatic nitrogens is 2. The first kappa shape index (κ1) is 26.9. The smallest absolute Gasteiger partial charge is 0.273 e. The van der Waals surface area contributed by atoms with Crippen molar-refractivity contribution in [2.24, 2.45) is 5.73 Å². The van der Waals surface area contributed by atoms with Gasteiger partial charge in [-0.2, -0.15) is 0 Å². The van der Waals surface area contributed by atoms with Gasteiger partial charge in [-0.25, -0.2) is 9.97 Å². The third-order valence-corrected chi connectivity index (χ3v) is 7.66. The van der Waals surface area contributed by atoms with Gasteiger partial charge >= 0.3 is 0 Å². The number of carbonyl (C=O) groups is 1. The molecule has 2 saturated heterocycles. The molecule has 0 bridgehead atoms. The number of halogens is 2. The summed E-state index contributed by atoms with van der Waals surface area (Å²) in [6.45, 7) is 8.54. The van der Waals surface area contributed by atoms with Gasteiger partial charge in [0.15, 0.2) is 22.5 Å². The van der Waals surface area contributed by atoms with Crippen LogP contribution in [-0.2, 0) is 6.54 Å². The van der Waals surface area contributed by atoms with Crippen molar-refractivity contribution in [2.75, 3.05) is 56.4 Å². The Kier molecular flexibility index (Phi) is 9.25. The number of hydrogen-bond donors (Lipinski definition) is 3. The molecule has 5 N–H and O–H groups in total. The molecule has 2 aliphatic rings. The van der Waals surface area contributed by atoms with Crippen molar-refractivity contribution in [3.05, 3.63) is 45.7 Å². The fraction of sp³-hybridized carbons (Fsp3) is 0.560. The summed E-state index contributed by atoms with van der Waals surface area (Å²) in [5.74, 6) is 0.199. The minimum atomic E-state index is -0.419. The Morgan fingerprint density at radius 3 is 2.50 bits per heavy atom. The lowest BCUT2D eigenvalue weighted by Crippen LogP contribution is -2.58. The number of nitrogen functional groups attached to an aromatic ring is 1. The zero-order chi connectivity index (χ0) is 25.7. The number of hydrogen-bond acceptors (Lipinski definition) is 8. The highest BCUT2D eigenvalue weighted by atomic mass is 35.5. The van der Waals surface area contributed by atoms with Crippen LogP contribution in [0.4, 0.5) is 11.6 Å². The van der Waals surface area contributed by atoms with Crippen LogP contribution in [0.5, 0.6) is 0 Å². The summed E-state index contributed by atoms with van der Waals surface area (Å²) in [7, 11) is 0. The van der Waals surface area contributed by atoms with Gasteiger partial charge in [-0.3, -0.25) is 14.6 Å². The summed E-state index contributed by atoms with van der Waals surface area (Å²) in [5, 5.41) is 3.63. The third-order valence-electron chi connectivity index (χ3n) is 7.15. The molecule has 1 aromatic heterocycles. The van der Waals surface area contributed by atoms with E-state index in [0.29, 0.717) is 31.0 Å². The van der Waals surface area contributed by atoms with Crippen LogP contribution in [0, 0.1) is 0 Å². The fourth-order valence-electron chi connectivity index (χ4n) is 5.22. The highest BCUT2D eigenvalue weighted by Crippen LogP contribution is 2.30. The van der Waals surface area contributed by atoms with Gasteiger partial charge < -0.3 is 21.7 Å². The molecule has 4 rings (SSSR count). The number of anilines is 2. The van der Waals surface area contributed by atoms with Crippen molar-refractivity contribution in [3.63, 3.8) is 0 Å². The molecule has 2 aliphatic heterocycles. The standard InChI is InChI=1S/C25H36Cl2N8O/c1-2-19-16-34(24-22(27)31-21(23(29)32-24)25(36)30-10-9-28)13-14-35(19)20-7-11-33(12-8-20)15-17-3-5-18(26)6-4-17/h3-6,19-20H,2,7-16,28H2,1H3,(H2,29,32)(H,30,36)/t19-/m0/s1. The van der Waals surface area contributed by atoms with E-state index in [4.69, 9.17) is 34.7 Å². The van der Waals surface area contributed by atoms with Crippen LogP contribution in [0.15, 0.2) is 24.3 Å². The van der Waals surface area contributed by atoms with Crippen LogP contribution in [0.2, 0.25) is 10.2 Å². The topological polar surface area (TPSA) is 117 Å². The zero-order valence-electron chi connectivity index (χ0n) is 20.8. The summed E-state index contributed by atoms with van der Waals surface area (Å²) < 4.78 is 0. The normalized spacial score (nSPS) is 20.0. The number of piperidine rings is 1. The van der Waals surface area contributed by atoms with Crippen LogP contribution in [0.3, 0.4) is 0 Å². The predicted molar refractivity (Wildman–Crippen MR) is 146 cm³/mol. The maximum Gasteiger partial charge on any atom is 0.273 e. The lowest BCUT2D eigenvalue weighted by molar-refractivity contribution is 0.0610. The second-order valence-corrected chi connectivity index (χ2v) is 10.3. The van der Waals surface area contributed by atoms with Gasteiger partial charge in [0.05, 0.1) is 0 Å². The molecule has 0 saturated carbocycles. The summed E-state index contributed by atoms with van der Waals surface area (Å²) >= 11 is 12.5. The average Bonchev–Trinajstić information content (AvgIpc) is 2.89. The van der Waals surface area contributed by atoms with Crippen LogP contribution in [0.25, 0.3) is 0 Å². The van der Waals surface area contributed by atoms with Crippen molar-refractivity contribution < 1.29 is 4.79 Å². The summed E-state index contributed by atoms with van der Waals surface area (Å²) in [6.07, 6.45) is 3.34. The Labute approximate surface area is 223 Å². The van der Waals surface area contributed by atoms with Crippen LogP contribution < -0.4 is 21.7 Å². The first-order valence-electron chi connectivity index (χ1n) is 12.7. The maximum atomic E-state index is 12.3. The monoisotopic (exact) mass is 534 g/mol. The second-order valence-electron chi connectivity index (χ2n) is 9.50. The summed E-state index contributed by atoms with van der Waals surface area (Å²) in [5.41, 5.74) is 12.9. The molecular formula is C25H36Cl2N8O. The molecular weight excluding hydrogens is 499 g/mol. The molecule has 1 atom stereocenters. The second kappa shape index (κ2) is 12.4. The van der Waals surface area contributed by atoms with Gasteiger partial charge in [0, 0.05) is 56.4 Å². The van der Waals surface area contributed by atoms with E-state index in [2.05, 4.69) is 49.0 Å². The molecule has 0 unspecified atom stereocenters. The Balaban J connectivity index is 1.35. The molecule has 1 aromatic carbocycles. The largest absolute Gasteiger partial charge is 0.382 e. The first-order chi connectivity index (χ1) is 17.4. The highest BCUT2D eigenvalue weighted by Gasteiger charge is 2.34. The van der Waals surface area contributed by atoms with Gasteiger partial charge in [-0.05, 0) is 50.0 Å². The number of carbonyl (C=O) groups excluding carboxylic acids is 1. The van der Waals surface area contributed by atoms with Crippen molar-refractivity contribution in [1.29, 1.82) is 0 Å². The number of likely N-dealkylation sites (tertiary alicyclic amines) is 1. The molecule has 3 heterocycles. The Morgan fingerprint density at radius 2 is 1.83 bits per heavy atom. The molecule has 36 heavy (non-hydrogen) atoms. The van der Waals surface area contributed by atoms with Gasteiger partial charge in [-0.15, -0.1) is 0 Å². The minimum absolute atomic E-state index is 0.0354. The van der Waals surface area contributed by atoms with Crippen molar-refractivity contribution in [3.8, 4) is 0 Å². The lowest BCUT2D eigenvalue weighted by Gasteiger charge is -2.47. The summed E-state index contributed by atoms with van der Waals surface area (Å²) in [6, 6.07) is 9.10. The van der Waals surface area contributed by atoms with E-state index in [0.717, 1.165) is 63.6 Å². The Morgan fingerprint density at radius 1 is 1.11 bits per heavy atom. The average molecular weight is 536 g/mol. The van der Waals surface area contributed by atoms with E-state index in [1.807, 2.05) is 12.1 Å². The van der Waals surface area contributed by atoms with E-state index in [1.165, 1.54) is 5.56 Å². The van der Waals surface area contributed by atoms with Crippen molar-refractivity contribution >= 4 is 40.7 Å². The molecule has 2 fully saturated rings. The maximum absolute atomic E-state index is 12.3. The number of benzene rings is 1. The van der Waals surface area contributed by atoms with Gasteiger partial charge in [0.2, 0.25) is 0 Å². The van der Waals surface area contributed by atoms with Crippen LogP contribution in [-0.4, -0.2) is 83.6 Å². The number of nitrogens with one attached hydrogen (secondary N) is 1. The quantitative estimate of drug-likeness (QED) is 0.473. The van der Waals surface area contributed by atoms with Gasteiger partial charge in [-0.1, -0.05) is 42.3 Å². The molecule has 196 valence electrons. The van der Waals surface area contributed by atoms with E-state index < -0.39 is 5.91 Å². The SMILES string of the molecule is CC[C@H]1CN(c2nc(N)c(C(=O)NCCN)nc2Cl)CCN1C1CCN(Cc2ccc(Cl)cc2)CC1. The number of amides is 1. The third kappa shape index (κ3) is 6.39. The molecule has 0 aliphatic carbocycles. The van der Waals surface area contributed by atoms with Crippen LogP contribution >= 0.6 is 23.2 Å². The van der Waals surface area contributed by atoms with E-state index in [1.54, 1.807) is 0 Å². The van der Waals surface area contributed by atoms with Crippen molar-refractivity contribution in [2.45, 2.75) is 44.8 Å². The van der Waals surface area contributed by atoms with Gasteiger partial charge in [0.1, 0.15) is 0 Å². The van der Waals surface area contributed by atoms with Crippen molar-refractivity contribution in [1.82, 2.24) is 25.1 Å². The van der Waals surface area contributed by atoms with Crippen LogP contribution in [0.1, 0.15) is 42.2 Å². The zero-order valence-corrected chi connectivity index (χ0v) is 22.3. The number of rotatable bonds is 8. The van der Waals surface area contributed by atoms with E-state index in [-0.39, 0.29) is 16.7 Å². The Bertz CT molecular complexity index is 1030. The lowest BCUT2D eigenvalue weighted by atomic mass is 9.98. The number of piperazine rings is 1. The Hall–Kier alpha value is -2.17. The molecule has 11 heteroatoms. The van der Waals surface area contributed by atoms with E-state index >= 15 is 0 Å². The molecule has 1 amide bonds. The van der Waals surface area contributed by atoms with E-state index in [9.17, 15) is 4.79 Å². The highest BCUT2D eigenvalue weighted by molar-refractivity contribution is 6.32. The number of nitrogens with two attached hydrogens (primary N) is 2. The number of nitrogens with zero attached hydrogens (tertiary/aromatic N) is 5. The predicted octanol–water partition coefficient (Wildman–Crippen LogP) is 2.62. The molecule has 2 aromatic rings.